The Labute approximate surface area is 126 Å². The van der Waals surface area contributed by atoms with E-state index in [1.165, 1.54) is 6.21 Å². The van der Waals surface area contributed by atoms with Crippen LogP contribution < -0.4 is 15.5 Å². The van der Waals surface area contributed by atoms with E-state index in [-0.39, 0.29) is 12.5 Å². The molecule has 21 heavy (non-hydrogen) atoms. The first-order valence-corrected chi connectivity index (χ1v) is 10.1. The number of carbonyl (C=O) groups excluding carboxylic acids is 1. The number of anilines is 1. The van der Waals surface area contributed by atoms with Crippen LogP contribution in [0.15, 0.2) is 29.4 Å². The van der Waals surface area contributed by atoms with Crippen LogP contribution in [0.1, 0.15) is 0 Å². The molecule has 0 atom stereocenters. The molecule has 0 unspecified atom stereocenters. The van der Waals surface area contributed by atoms with Crippen LogP contribution in [0.4, 0.5) is 5.69 Å². The topological polar surface area (TPSA) is 62.7 Å². The van der Waals surface area contributed by atoms with Gasteiger partial charge in [0.05, 0.1) is 25.6 Å². The average molecular weight is 303 g/mol. The Morgan fingerprint density at radius 2 is 2.10 bits per heavy atom. The van der Waals surface area contributed by atoms with Crippen LogP contribution in [-0.4, -0.2) is 33.9 Å². The van der Waals surface area contributed by atoms with Gasteiger partial charge in [0.25, 0.3) is 5.91 Å². The molecular formula is C15H21N3O2Si. The van der Waals surface area contributed by atoms with Crippen LogP contribution in [0.25, 0.3) is 0 Å². The SMILES string of the molecule is COc1ccccc1NCC(=O)N/N=C\C#C[Si](C)(C)C. The predicted molar refractivity (Wildman–Crippen MR) is 89.2 cm³/mol. The van der Waals surface area contributed by atoms with Crippen molar-refractivity contribution in [1.29, 1.82) is 0 Å². The van der Waals surface area contributed by atoms with Gasteiger partial charge in [0.15, 0.2) is 0 Å². The number of rotatable bonds is 5. The second-order valence-electron chi connectivity index (χ2n) is 5.37. The van der Waals surface area contributed by atoms with Crippen molar-refractivity contribution in [3.63, 3.8) is 0 Å². The lowest BCUT2D eigenvalue weighted by Crippen LogP contribution is -2.25. The van der Waals surface area contributed by atoms with E-state index in [1.807, 2.05) is 24.3 Å². The fourth-order valence-corrected chi connectivity index (χ4v) is 1.89. The van der Waals surface area contributed by atoms with E-state index >= 15 is 0 Å². The van der Waals surface area contributed by atoms with E-state index in [9.17, 15) is 4.79 Å². The fourth-order valence-electron chi connectivity index (χ4n) is 1.39. The summed E-state index contributed by atoms with van der Waals surface area (Å²) in [6, 6.07) is 7.40. The number of para-hydroxylation sites is 2. The highest BCUT2D eigenvalue weighted by Crippen LogP contribution is 2.22. The number of nitrogens with one attached hydrogen (secondary N) is 2. The Hall–Kier alpha value is -2.26. The van der Waals surface area contributed by atoms with Crippen LogP contribution in [0, 0.1) is 11.5 Å². The minimum Gasteiger partial charge on any atom is -0.495 e. The molecule has 1 amide bonds. The summed E-state index contributed by atoms with van der Waals surface area (Å²) in [5, 5.41) is 6.77. The van der Waals surface area contributed by atoms with Gasteiger partial charge in [0, 0.05) is 0 Å². The Bertz CT molecular complexity index is 568. The maximum Gasteiger partial charge on any atom is 0.259 e. The monoisotopic (exact) mass is 303 g/mol. The predicted octanol–water partition coefficient (Wildman–Crippen LogP) is 2.09. The Kier molecular flexibility index (Phi) is 6.49. The maximum atomic E-state index is 11.6. The first-order chi connectivity index (χ1) is 9.92. The maximum absolute atomic E-state index is 11.6. The van der Waals surface area contributed by atoms with Crippen LogP contribution in [0.3, 0.4) is 0 Å². The second-order valence-corrected chi connectivity index (χ2v) is 10.1. The quantitative estimate of drug-likeness (QED) is 0.379. The zero-order chi connectivity index (χ0) is 15.7. The summed E-state index contributed by atoms with van der Waals surface area (Å²) in [5.41, 5.74) is 6.30. The highest BCUT2D eigenvalue weighted by Gasteiger charge is 2.06. The molecular weight excluding hydrogens is 282 g/mol. The largest absolute Gasteiger partial charge is 0.495 e. The minimum absolute atomic E-state index is 0.110. The lowest BCUT2D eigenvalue weighted by Gasteiger charge is -2.09. The smallest absolute Gasteiger partial charge is 0.259 e. The van der Waals surface area contributed by atoms with Gasteiger partial charge in [-0.25, -0.2) is 5.43 Å². The van der Waals surface area contributed by atoms with E-state index in [0.717, 1.165) is 5.69 Å². The first kappa shape index (κ1) is 16.8. The molecule has 0 aromatic heterocycles. The third kappa shape index (κ3) is 7.18. The summed E-state index contributed by atoms with van der Waals surface area (Å²) in [6.45, 7) is 6.54. The van der Waals surface area contributed by atoms with Gasteiger partial charge in [-0.3, -0.25) is 4.79 Å². The second kappa shape index (κ2) is 8.12. The molecule has 0 aliphatic rings. The molecule has 0 heterocycles. The number of hydrogen-bond donors (Lipinski definition) is 2. The number of carbonyl (C=O) groups is 1. The third-order valence-electron chi connectivity index (χ3n) is 2.31. The highest BCUT2D eigenvalue weighted by atomic mass is 28.3. The van der Waals surface area contributed by atoms with E-state index in [4.69, 9.17) is 4.74 Å². The van der Waals surface area contributed by atoms with Crippen molar-refractivity contribution in [2.24, 2.45) is 5.10 Å². The summed E-state index contributed by atoms with van der Waals surface area (Å²) in [5.74, 6) is 3.28. The molecule has 5 nitrogen and oxygen atoms in total. The Morgan fingerprint density at radius 1 is 1.38 bits per heavy atom. The van der Waals surface area contributed by atoms with Crippen molar-refractivity contribution < 1.29 is 9.53 Å². The van der Waals surface area contributed by atoms with Gasteiger partial charge in [-0.1, -0.05) is 37.7 Å². The lowest BCUT2D eigenvalue weighted by molar-refractivity contribution is -0.119. The van der Waals surface area contributed by atoms with E-state index in [1.54, 1.807) is 7.11 Å². The van der Waals surface area contributed by atoms with Crippen LogP contribution in [0.2, 0.25) is 19.6 Å². The number of benzene rings is 1. The molecule has 6 heteroatoms. The van der Waals surface area contributed by atoms with Crippen LogP contribution >= 0.6 is 0 Å². The van der Waals surface area contributed by atoms with Gasteiger partial charge >= 0.3 is 0 Å². The summed E-state index contributed by atoms with van der Waals surface area (Å²) in [7, 11) is 0.190. The van der Waals surface area contributed by atoms with Crippen LogP contribution in [0.5, 0.6) is 5.75 Å². The van der Waals surface area contributed by atoms with Crippen molar-refractivity contribution in [1.82, 2.24) is 5.43 Å². The number of amides is 1. The molecule has 0 fully saturated rings. The summed E-state index contributed by atoms with van der Waals surface area (Å²) < 4.78 is 5.18. The molecule has 0 saturated carbocycles. The summed E-state index contributed by atoms with van der Waals surface area (Å²) >= 11 is 0. The molecule has 0 bridgehead atoms. The van der Waals surface area contributed by atoms with Gasteiger partial charge in [0.2, 0.25) is 0 Å². The zero-order valence-corrected chi connectivity index (χ0v) is 13.9. The van der Waals surface area contributed by atoms with E-state index in [2.05, 4.69) is 46.9 Å². The van der Waals surface area contributed by atoms with Crippen molar-refractivity contribution in [2.75, 3.05) is 19.0 Å². The normalized spacial score (nSPS) is 10.7. The number of hydrazone groups is 1. The minimum atomic E-state index is -1.40. The Balaban J connectivity index is 2.41. The number of ether oxygens (including phenoxy) is 1. The van der Waals surface area contributed by atoms with Gasteiger partial charge in [-0.15, -0.1) is 5.54 Å². The molecule has 0 saturated heterocycles. The fraction of sp³-hybridized carbons (Fsp3) is 0.333. The van der Waals surface area contributed by atoms with E-state index in [0.29, 0.717) is 5.75 Å². The third-order valence-corrected chi connectivity index (χ3v) is 3.21. The molecule has 2 N–H and O–H groups in total. The first-order valence-electron chi connectivity index (χ1n) is 6.62. The average Bonchev–Trinajstić information content (AvgIpc) is 2.43. The van der Waals surface area contributed by atoms with Crippen molar-refractivity contribution in [3.05, 3.63) is 24.3 Å². The number of hydrogen-bond acceptors (Lipinski definition) is 4. The number of methoxy groups -OCH3 is 1. The van der Waals surface area contributed by atoms with Gasteiger partial charge in [-0.05, 0) is 12.1 Å². The summed E-state index contributed by atoms with van der Waals surface area (Å²) in [4.78, 5) is 11.6. The number of nitrogens with zero attached hydrogens (tertiary/aromatic N) is 1. The Morgan fingerprint density at radius 3 is 2.76 bits per heavy atom. The molecule has 0 aliphatic carbocycles. The molecule has 0 aliphatic heterocycles. The highest BCUT2D eigenvalue weighted by molar-refractivity contribution is 6.84. The molecule has 1 aromatic rings. The molecule has 0 spiro atoms. The van der Waals surface area contributed by atoms with Crippen molar-refractivity contribution >= 4 is 25.9 Å². The lowest BCUT2D eigenvalue weighted by atomic mass is 10.3. The van der Waals surface area contributed by atoms with Crippen LogP contribution in [-0.2, 0) is 4.79 Å². The van der Waals surface area contributed by atoms with Crippen molar-refractivity contribution in [2.45, 2.75) is 19.6 Å². The van der Waals surface area contributed by atoms with Gasteiger partial charge in [-0.2, -0.15) is 5.10 Å². The van der Waals surface area contributed by atoms with Crippen molar-refractivity contribution in [3.8, 4) is 17.2 Å². The van der Waals surface area contributed by atoms with E-state index < -0.39 is 8.07 Å². The molecule has 1 aromatic carbocycles. The van der Waals surface area contributed by atoms with Gasteiger partial charge in [0.1, 0.15) is 13.8 Å². The van der Waals surface area contributed by atoms with Gasteiger partial charge < -0.3 is 10.1 Å². The molecule has 0 radical (unpaired) electrons. The molecule has 1 rings (SSSR count). The standard InChI is InChI=1S/C15H21N3O2Si/c1-20-14-9-6-5-8-13(14)16-12-15(19)18-17-10-7-11-21(2,3)4/h5-6,8-10,16H,12H2,1-4H3,(H,18,19)/b17-10-. The zero-order valence-electron chi connectivity index (χ0n) is 12.9. The molecule has 112 valence electrons. The summed E-state index contributed by atoms with van der Waals surface area (Å²) in [6.07, 6.45) is 1.42.